The van der Waals surface area contributed by atoms with Gasteiger partial charge in [0, 0.05) is 24.3 Å². The molecule has 2 unspecified atom stereocenters. The SMILES string of the molecule is C[n+]1ccccc1SC(I)C(I)Sc1cccc[n+]1C. The minimum atomic E-state index is 0.506. The van der Waals surface area contributed by atoms with E-state index in [0.29, 0.717) is 6.51 Å². The molecule has 2 heterocycles. The number of thioether (sulfide) groups is 2. The number of hydrogen-bond acceptors (Lipinski definition) is 2. The topological polar surface area (TPSA) is 7.76 Å². The summed E-state index contributed by atoms with van der Waals surface area (Å²) in [6.45, 7) is 0. The zero-order chi connectivity index (χ0) is 14.5. The van der Waals surface area contributed by atoms with Crippen molar-refractivity contribution < 1.29 is 9.13 Å². The second-order valence-electron chi connectivity index (χ2n) is 4.24. The molecule has 0 amide bonds. The summed E-state index contributed by atoms with van der Waals surface area (Å²) in [5, 5.41) is 2.60. The standard InChI is InChI=1S/C14H16I2N2S2/c1-17-9-5-3-7-11(17)19-13(15)14(16)20-12-8-4-6-10-18(12)2/h3-10,13-14H,1-2H3/q+2. The maximum Gasteiger partial charge on any atom is 0.240 e. The first kappa shape index (κ1) is 16.8. The summed E-state index contributed by atoms with van der Waals surface area (Å²) in [6.07, 6.45) is 4.19. The zero-order valence-corrected chi connectivity index (χ0v) is 17.2. The number of aryl methyl sites for hydroxylation is 2. The highest BCUT2D eigenvalue weighted by atomic mass is 127. The third-order valence-electron chi connectivity index (χ3n) is 2.69. The number of nitrogens with zero attached hydrogens (tertiary/aromatic N) is 2. The summed E-state index contributed by atoms with van der Waals surface area (Å²) in [7, 11) is 4.19. The van der Waals surface area contributed by atoms with Crippen molar-refractivity contribution in [3.05, 3.63) is 48.8 Å². The summed E-state index contributed by atoms with van der Waals surface area (Å²) in [5.41, 5.74) is 0. The van der Waals surface area contributed by atoms with E-state index in [0.717, 1.165) is 0 Å². The molecule has 0 radical (unpaired) electrons. The van der Waals surface area contributed by atoms with Crippen molar-refractivity contribution >= 4 is 68.7 Å². The molecule has 106 valence electrons. The Bertz CT molecular complexity index is 529. The van der Waals surface area contributed by atoms with E-state index < -0.39 is 0 Å². The van der Waals surface area contributed by atoms with Crippen LogP contribution in [0.25, 0.3) is 0 Å². The summed E-state index contributed by atoms with van der Waals surface area (Å²) >= 11 is 8.91. The molecule has 0 aliphatic heterocycles. The molecule has 0 fully saturated rings. The van der Waals surface area contributed by atoms with Crippen molar-refractivity contribution in [2.45, 2.75) is 16.6 Å². The number of aromatic nitrogens is 2. The van der Waals surface area contributed by atoms with Crippen LogP contribution in [0.3, 0.4) is 0 Å². The minimum Gasteiger partial charge on any atom is -0.196 e. The Hall–Kier alpha value is 0.460. The van der Waals surface area contributed by atoms with Crippen LogP contribution in [0.5, 0.6) is 0 Å². The molecule has 0 aromatic carbocycles. The van der Waals surface area contributed by atoms with E-state index in [4.69, 9.17) is 0 Å². The second-order valence-corrected chi connectivity index (χ2v) is 10.9. The number of halogens is 2. The van der Waals surface area contributed by atoms with Gasteiger partial charge in [0.15, 0.2) is 12.4 Å². The lowest BCUT2D eigenvalue weighted by atomic mass is 10.5. The van der Waals surface area contributed by atoms with Crippen LogP contribution < -0.4 is 9.13 Å². The number of alkyl halides is 2. The molecule has 0 aliphatic carbocycles. The molecule has 6 heteroatoms. The van der Waals surface area contributed by atoms with Gasteiger partial charge in [-0.15, -0.1) is 0 Å². The van der Waals surface area contributed by atoms with Gasteiger partial charge in [0.1, 0.15) is 14.1 Å². The van der Waals surface area contributed by atoms with Gasteiger partial charge < -0.3 is 0 Å². The van der Waals surface area contributed by atoms with Crippen LogP contribution >= 0.6 is 68.7 Å². The lowest BCUT2D eigenvalue weighted by Gasteiger charge is -2.13. The largest absolute Gasteiger partial charge is 0.240 e. The number of hydrogen-bond donors (Lipinski definition) is 0. The van der Waals surface area contributed by atoms with Gasteiger partial charge in [0.2, 0.25) is 10.1 Å². The van der Waals surface area contributed by atoms with Crippen LogP contribution in [0.2, 0.25) is 0 Å². The summed E-state index contributed by atoms with van der Waals surface area (Å²) in [6, 6.07) is 12.7. The molecular formula is C14H16I2N2S2+2. The highest BCUT2D eigenvalue weighted by molar-refractivity contribution is 14.1. The van der Waals surface area contributed by atoms with E-state index in [2.05, 4.69) is 117 Å². The van der Waals surface area contributed by atoms with Crippen molar-refractivity contribution in [3.63, 3.8) is 0 Å². The molecule has 0 bridgehead atoms. The van der Waals surface area contributed by atoms with Crippen molar-refractivity contribution in [2.24, 2.45) is 14.1 Å². The molecule has 0 N–H and O–H groups in total. The van der Waals surface area contributed by atoms with Gasteiger partial charge in [-0.1, -0.05) is 45.2 Å². The lowest BCUT2D eigenvalue weighted by Crippen LogP contribution is -2.31. The highest BCUT2D eigenvalue weighted by Crippen LogP contribution is 2.39. The van der Waals surface area contributed by atoms with Gasteiger partial charge >= 0.3 is 0 Å². The number of pyridine rings is 2. The van der Waals surface area contributed by atoms with Gasteiger partial charge in [0.05, 0.1) is 6.51 Å². The first-order chi connectivity index (χ1) is 9.58. The summed E-state index contributed by atoms with van der Waals surface area (Å²) < 4.78 is 5.36. The molecule has 2 aromatic heterocycles. The Labute approximate surface area is 156 Å². The van der Waals surface area contributed by atoms with Crippen LogP contribution in [0.15, 0.2) is 58.8 Å². The Morgan fingerprint density at radius 1 is 0.800 bits per heavy atom. The van der Waals surface area contributed by atoms with E-state index in [-0.39, 0.29) is 0 Å². The second kappa shape index (κ2) is 8.19. The molecule has 2 aromatic rings. The monoisotopic (exact) mass is 530 g/mol. The van der Waals surface area contributed by atoms with Crippen LogP contribution in [-0.4, -0.2) is 6.51 Å². The van der Waals surface area contributed by atoms with Crippen LogP contribution in [0, 0.1) is 0 Å². The fraction of sp³-hybridized carbons (Fsp3) is 0.286. The van der Waals surface area contributed by atoms with E-state index in [1.54, 1.807) is 0 Å². The average molecular weight is 530 g/mol. The smallest absolute Gasteiger partial charge is 0.196 e. The Morgan fingerprint density at radius 3 is 1.55 bits per heavy atom. The Balaban J connectivity index is 2.01. The fourth-order valence-corrected chi connectivity index (χ4v) is 5.82. The maximum atomic E-state index is 2.54. The number of rotatable bonds is 5. The molecule has 2 rings (SSSR count). The predicted molar refractivity (Wildman–Crippen MR) is 103 cm³/mol. The molecule has 0 saturated heterocycles. The normalized spacial score (nSPS) is 14.0. The first-order valence-electron chi connectivity index (χ1n) is 6.08. The fourth-order valence-electron chi connectivity index (χ4n) is 1.60. The van der Waals surface area contributed by atoms with Gasteiger partial charge in [-0.05, 0) is 35.7 Å². The van der Waals surface area contributed by atoms with Crippen molar-refractivity contribution in [1.29, 1.82) is 0 Å². The molecule has 0 spiro atoms. The molecule has 0 aliphatic rings. The van der Waals surface area contributed by atoms with E-state index in [1.807, 2.05) is 23.5 Å². The average Bonchev–Trinajstić information content (AvgIpc) is 2.43. The van der Waals surface area contributed by atoms with Crippen molar-refractivity contribution in [2.75, 3.05) is 0 Å². The quantitative estimate of drug-likeness (QED) is 0.252. The minimum absolute atomic E-state index is 0.506. The zero-order valence-electron chi connectivity index (χ0n) is 11.2. The molecule has 2 nitrogen and oxygen atoms in total. The van der Waals surface area contributed by atoms with Gasteiger partial charge in [-0.3, -0.25) is 0 Å². The molecular weight excluding hydrogens is 514 g/mol. The first-order valence-corrected chi connectivity index (χ1v) is 10.3. The van der Waals surface area contributed by atoms with Crippen LogP contribution in [0.1, 0.15) is 0 Å². The van der Waals surface area contributed by atoms with Crippen molar-refractivity contribution in [1.82, 2.24) is 0 Å². The third-order valence-corrected chi connectivity index (χ3v) is 10.5. The third kappa shape index (κ3) is 4.74. The highest BCUT2D eigenvalue weighted by Gasteiger charge is 2.24. The maximum absolute atomic E-state index is 2.54. The molecule has 20 heavy (non-hydrogen) atoms. The molecule has 2 atom stereocenters. The summed E-state index contributed by atoms with van der Waals surface area (Å²) in [5.74, 6) is 0. The Kier molecular flexibility index (Phi) is 6.89. The van der Waals surface area contributed by atoms with Crippen LogP contribution in [0.4, 0.5) is 0 Å². The summed E-state index contributed by atoms with van der Waals surface area (Å²) in [4.78, 5) is 0. The van der Waals surface area contributed by atoms with E-state index in [1.165, 1.54) is 10.1 Å². The van der Waals surface area contributed by atoms with Gasteiger partial charge in [-0.25, -0.2) is 0 Å². The van der Waals surface area contributed by atoms with Gasteiger partial charge in [0.25, 0.3) is 0 Å². The van der Waals surface area contributed by atoms with Crippen molar-refractivity contribution in [3.8, 4) is 0 Å². The van der Waals surface area contributed by atoms with E-state index >= 15 is 0 Å². The lowest BCUT2D eigenvalue weighted by molar-refractivity contribution is -0.709. The predicted octanol–water partition coefficient (Wildman–Crippen LogP) is 3.74. The van der Waals surface area contributed by atoms with E-state index in [9.17, 15) is 0 Å². The van der Waals surface area contributed by atoms with Crippen LogP contribution in [-0.2, 0) is 14.1 Å². The van der Waals surface area contributed by atoms with Gasteiger partial charge in [-0.2, -0.15) is 9.13 Å². The molecule has 0 saturated carbocycles. The Morgan fingerprint density at radius 2 is 1.20 bits per heavy atom.